The van der Waals surface area contributed by atoms with E-state index in [0.29, 0.717) is 17.2 Å². The van der Waals surface area contributed by atoms with E-state index in [9.17, 15) is 9.35 Å². The smallest absolute Gasteiger partial charge is 0.228 e. The van der Waals surface area contributed by atoms with E-state index in [1.165, 1.54) is 0 Å². The van der Waals surface area contributed by atoms with E-state index in [0.717, 1.165) is 52.4 Å². The predicted molar refractivity (Wildman–Crippen MR) is 149 cm³/mol. The highest BCUT2D eigenvalue weighted by Gasteiger charge is 2.31. The lowest BCUT2D eigenvalue weighted by Crippen LogP contribution is -2.34. The summed E-state index contributed by atoms with van der Waals surface area (Å²) in [6, 6.07) is 13.2. The first-order chi connectivity index (χ1) is 17.6. The largest absolute Gasteiger partial charge is 0.611 e. The molecule has 2 aromatic carbocycles. The predicted octanol–water partition coefficient (Wildman–Crippen LogP) is 5.53. The maximum absolute atomic E-state index is 12.9. The number of aryl methyl sites for hydroxylation is 1. The van der Waals surface area contributed by atoms with Gasteiger partial charge in [0.25, 0.3) is 0 Å². The van der Waals surface area contributed by atoms with Crippen LogP contribution >= 0.6 is 0 Å². The van der Waals surface area contributed by atoms with Gasteiger partial charge >= 0.3 is 0 Å². The molecule has 8 heteroatoms. The second-order valence-corrected chi connectivity index (χ2v) is 12.1. The summed E-state index contributed by atoms with van der Waals surface area (Å²) in [5.41, 5.74) is 2.75. The van der Waals surface area contributed by atoms with Gasteiger partial charge in [0.05, 0.1) is 17.6 Å². The van der Waals surface area contributed by atoms with Crippen molar-refractivity contribution in [2.45, 2.75) is 69.1 Å². The van der Waals surface area contributed by atoms with Crippen LogP contribution in [0.25, 0.3) is 10.9 Å². The highest BCUT2D eigenvalue weighted by atomic mass is 32.2. The van der Waals surface area contributed by atoms with Crippen LogP contribution in [0.3, 0.4) is 0 Å². The fourth-order valence-electron chi connectivity index (χ4n) is 3.94. The number of carbonyl (C=O) groups is 1. The summed E-state index contributed by atoms with van der Waals surface area (Å²) >= 11 is -1.02. The van der Waals surface area contributed by atoms with E-state index < -0.39 is 11.2 Å². The van der Waals surface area contributed by atoms with Crippen LogP contribution in [0.1, 0.15) is 51.2 Å². The molecule has 1 amide bonds. The molecule has 1 aliphatic rings. The van der Waals surface area contributed by atoms with Crippen molar-refractivity contribution in [2.24, 2.45) is 0 Å². The van der Waals surface area contributed by atoms with E-state index in [1.807, 2.05) is 70.2 Å². The maximum Gasteiger partial charge on any atom is 0.228 e. The number of rotatable bonds is 9. The van der Waals surface area contributed by atoms with E-state index in [1.54, 1.807) is 12.4 Å². The van der Waals surface area contributed by atoms with Gasteiger partial charge in [-0.15, -0.1) is 0 Å². The molecule has 0 aliphatic heterocycles. The standard InChI is InChI=1S/C29H34N4O3S/c1-19-14-20(15-28(34)33-21(17-30)18-32-29(2,3)4)8-11-26(19)36-27-12-13-31-25-10-9-23(16-24(25)27)37(35)22-6-5-7-22/h8-14,16-18,22,30,32H,5-7,15H2,1-4H3,(H,33,34)/b21-18+,30-17?. The zero-order valence-electron chi connectivity index (χ0n) is 21.8. The molecule has 1 saturated carbocycles. The molecule has 1 unspecified atom stereocenters. The Morgan fingerprint density at radius 3 is 2.62 bits per heavy atom. The molecule has 3 aromatic rings. The highest BCUT2D eigenvalue weighted by molar-refractivity contribution is 7.92. The Kier molecular flexibility index (Phi) is 8.19. The molecule has 1 heterocycles. The number of pyridine rings is 1. The van der Waals surface area contributed by atoms with Crippen LogP contribution in [-0.4, -0.2) is 32.4 Å². The fourth-order valence-corrected chi connectivity index (χ4v) is 5.53. The van der Waals surface area contributed by atoms with Crippen molar-refractivity contribution < 1.29 is 14.1 Å². The first-order valence-electron chi connectivity index (χ1n) is 12.5. The van der Waals surface area contributed by atoms with Gasteiger partial charge in [-0.3, -0.25) is 9.78 Å². The van der Waals surface area contributed by atoms with Gasteiger partial charge in [-0.25, -0.2) is 0 Å². The molecule has 194 valence electrons. The maximum atomic E-state index is 12.9. The van der Waals surface area contributed by atoms with Gasteiger partial charge in [-0.05, 0) is 93.5 Å². The van der Waals surface area contributed by atoms with Crippen LogP contribution < -0.4 is 15.4 Å². The topological polar surface area (TPSA) is 110 Å². The Balaban J connectivity index is 1.47. The average Bonchev–Trinajstić information content (AvgIpc) is 2.81. The normalized spacial score (nSPS) is 15.1. The molecule has 3 N–H and O–H groups in total. The van der Waals surface area contributed by atoms with Crippen LogP contribution in [-0.2, 0) is 22.4 Å². The van der Waals surface area contributed by atoms with Gasteiger partial charge in [-0.2, -0.15) is 0 Å². The van der Waals surface area contributed by atoms with Gasteiger partial charge < -0.3 is 25.3 Å². The first-order valence-corrected chi connectivity index (χ1v) is 13.7. The number of hydrogen-bond donors (Lipinski definition) is 3. The zero-order valence-corrected chi connectivity index (χ0v) is 22.6. The second-order valence-electron chi connectivity index (χ2n) is 10.4. The number of ether oxygens (including phenoxy) is 1. The van der Waals surface area contributed by atoms with Gasteiger partial charge in [0.15, 0.2) is 4.90 Å². The number of aromatic nitrogens is 1. The summed E-state index contributed by atoms with van der Waals surface area (Å²) in [6.45, 7) is 7.95. The van der Waals surface area contributed by atoms with Crippen molar-refractivity contribution in [1.82, 2.24) is 15.6 Å². The van der Waals surface area contributed by atoms with Crippen LogP contribution in [0.2, 0.25) is 0 Å². The SMILES string of the molecule is Cc1cc(CC(=O)N/C(C=N)=C/NC(C)(C)C)ccc1Oc1ccnc2ccc([S+]([O-])C3CCC3)cc12. The summed E-state index contributed by atoms with van der Waals surface area (Å²) in [5.74, 6) is 1.13. The van der Waals surface area contributed by atoms with Crippen molar-refractivity contribution in [1.29, 1.82) is 5.41 Å². The minimum atomic E-state index is -1.02. The van der Waals surface area contributed by atoms with Crippen LogP contribution in [0.5, 0.6) is 11.5 Å². The van der Waals surface area contributed by atoms with Crippen LogP contribution in [0, 0.1) is 12.3 Å². The van der Waals surface area contributed by atoms with Gasteiger partial charge in [0, 0.05) is 35.6 Å². The number of amides is 1. The number of nitrogens with zero attached hydrogens (tertiary/aromatic N) is 1. The Morgan fingerprint density at radius 2 is 1.97 bits per heavy atom. The molecule has 0 spiro atoms. The van der Waals surface area contributed by atoms with E-state index in [2.05, 4.69) is 15.6 Å². The summed E-state index contributed by atoms with van der Waals surface area (Å²) in [4.78, 5) is 17.8. The van der Waals surface area contributed by atoms with Crippen molar-refractivity contribution in [3.8, 4) is 11.5 Å². The molecule has 1 aliphatic carbocycles. The Bertz CT molecular complexity index is 1330. The molecule has 0 bridgehead atoms. The number of nitrogens with one attached hydrogen (secondary N) is 3. The molecule has 0 radical (unpaired) electrons. The number of hydrogen-bond acceptors (Lipinski definition) is 6. The molecular formula is C29H34N4O3S. The Hall–Kier alpha value is -3.36. The van der Waals surface area contributed by atoms with E-state index in [4.69, 9.17) is 10.1 Å². The average molecular weight is 519 g/mol. The number of allylic oxidation sites excluding steroid dienone is 1. The second kappa shape index (κ2) is 11.4. The summed E-state index contributed by atoms with van der Waals surface area (Å²) in [6.07, 6.45) is 7.80. The third-order valence-electron chi connectivity index (χ3n) is 6.18. The van der Waals surface area contributed by atoms with Crippen LogP contribution in [0.4, 0.5) is 0 Å². The Labute approximate surface area is 221 Å². The molecular weight excluding hydrogens is 484 g/mol. The fraction of sp³-hybridized carbons (Fsp3) is 0.345. The van der Waals surface area contributed by atoms with Crippen molar-refractivity contribution in [3.05, 3.63) is 71.7 Å². The summed E-state index contributed by atoms with van der Waals surface area (Å²) in [5, 5.41) is 14.5. The molecule has 37 heavy (non-hydrogen) atoms. The van der Waals surface area contributed by atoms with Crippen molar-refractivity contribution >= 4 is 34.2 Å². The monoisotopic (exact) mass is 518 g/mol. The zero-order chi connectivity index (χ0) is 26.6. The third-order valence-corrected chi connectivity index (χ3v) is 7.98. The molecule has 7 nitrogen and oxygen atoms in total. The van der Waals surface area contributed by atoms with Crippen molar-refractivity contribution in [3.63, 3.8) is 0 Å². The lowest BCUT2D eigenvalue weighted by atomic mass is 10.00. The minimum Gasteiger partial charge on any atom is -0.611 e. The molecule has 1 atom stereocenters. The molecule has 1 aromatic heterocycles. The van der Waals surface area contributed by atoms with Crippen molar-refractivity contribution in [2.75, 3.05) is 0 Å². The lowest BCUT2D eigenvalue weighted by Gasteiger charge is -2.27. The summed E-state index contributed by atoms with van der Waals surface area (Å²) in [7, 11) is 0. The Morgan fingerprint density at radius 1 is 1.19 bits per heavy atom. The molecule has 1 fully saturated rings. The lowest BCUT2D eigenvalue weighted by molar-refractivity contribution is -0.119. The van der Waals surface area contributed by atoms with Gasteiger partial charge in [-0.1, -0.05) is 12.1 Å². The number of carbonyl (C=O) groups excluding carboxylic acids is 1. The molecule has 0 saturated heterocycles. The van der Waals surface area contributed by atoms with E-state index >= 15 is 0 Å². The van der Waals surface area contributed by atoms with Gasteiger partial charge in [0.2, 0.25) is 5.91 Å². The number of fused-ring (bicyclic) bond motifs is 1. The van der Waals surface area contributed by atoms with Crippen LogP contribution in [0.15, 0.2) is 65.5 Å². The summed E-state index contributed by atoms with van der Waals surface area (Å²) < 4.78 is 19.2. The third kappa shape index (κ3) is 6.90. The molecule has 4 rings (SSSR count). The number of benzene rings is 2. The first kappa shape index (κ1) is 26.7. The van der Waals surface area contributed by atoms with Gasteiger partial charge in [0.1, 0.15) is 16.7 Å². The quantitative estimate of drug-likeness (QED) is 0.255. The minimum absolute atomic E-state index is 0.165. The highest BCUT2D eigenvalue weighted by Crippen LogP contribution is 2.35. The van der Waals surface area contributed by atoms with E-state index in [-0.39, 0.29) is 23.1 Å².